The third-order valence-electron chi connectivity index (χ3n) is 8.14. The van der Waals surface area contributed by atoms with Gasteiger partial charge < -0.3 is 51.6 Å². The molecule has 2 aromatic heterocycles. The number of nitrogens with zero attached hydrogens (tertiary/aromatic N) is 6. The number of nitrogens with two attached hydrogens (primary N) is 4. The summed E-state index contributed by atoms with van der Waals surface area (Å²) < 4.78 is 17.4. The van der Waals surface area contributed by atoms with Gasteiger partial charge in [-0.25, -0.2) is 18.7 Å². The van der Waals surface area contributed by atoms with Gasteiger partial charge in [-0.1, -0.05) is 0 Å². The maximum atomic E-state index is 12.9. The van der Waals surface area contributed by atoms with Crippen LogP contribution in [0.3, 0.4) is 0 Å². The van der Waals surface area contributed by atoms with Gasteiger partial charge in [0.15, 0.2) is 12.7 Å². The molecule has 14 N–H and O–H groups in total. The van der Waals surface area contributed by atoms with E-state index >= 15 is 0 Å². The molecule has 0 aliphatic carbocycles. The van der Waals surface area contributed by atoms with Crippen molar-refractivity contribution >= 4 is 35.4 Å². The maximum Gasteiger partial charge on any atom is 0.390 e. The number of amides is 2. The number of imidazole rings is 2. The SMILES string of the molecule is NC1=Nc2c(n(CCCCn3c[n+]([C@@H]4O[C@H](CO)[C@@H](O)[C@H]4O)c4c3C(=O)[NH2+]C(N)=N4)c[n+]2[C@@H]2O[C@H](CO)[C@@H](O)[C@H]2O)C(=O)[NH2+]1. The molecule has 2 fully saturated rings. The van der Waals surface area contributed by atoms with Crippen LogP contribution < -0.4 is 31.2 Å². The molecule has 0 bridgehead atoms. The van der Waals surface area contributed by atoms with E-state index in [2.05, 4.69) is 9.98 Å². The van der Waals surface area contributed by atoms with Crippen molar-refractivity contribution in [1.29, 1.82) is 0 Å². The molecule has 2 saturated heterocycles. The number of carbonyl (C=O) groups excluding carboxylic acids is 2. The van der Waals surface area contributed by atoms with E-state index in [0.29, 0.717) is 25.9 Å². The van der Waals surface area contributed by atoms with Gasteiger partial charge in [-0.2, -0.15) is 10.6 Å². The predicted molar refractivity (Wildman–Crippen MR) is 140 cm³/mol. The van der Waals surface area contributed by atoms with Crippen molar-refractivity contribution in [3.05, 3.63) is 24.0 Å². The lowest BCUT2D eigenvalue weighted by Crippen LogP contribution is -2.95. The lowest BCUT2D eigenvalue weighted by Gasteiger charge is -2.13. The summed E-state index contributed by atoms with van der Waals surface area (Å²) >= 11 is 0. The Morgan fingerprint density at radius 2 is 1.11 bits per heavy atom. The molecule has 0 spiro atoms. The number of rotatable bonds is 9. The summed E-state index contributed by atoms with van der Waals surface area (Å²) in [5.74, 6) is -0.612. The van der Waals surface area contributed by atoms with Gasteiger partial charge in [0, 0.05) is 0 Å². The quantitative estimate of drug-likeness (QED) is 0.0919. The van der Waals surface area contributed by atoms with Crippen molar-refractivity contribution in [2.75, 3.05) is 13.2 Å². The van der Waals surface area contributed by atoms with Crippen LogP contribution in [0.5, 0.6) is 0 Å². The van der Waals surface area contributed by atoms with Gasteiger partial charge in [-0.05, 0) is 22.8 Å². The molecule has 238 valence electrons. The monoisotopic (exact) mass is 624 g/mol. The Morgan fingerprint density at radius 3 is 1.45 bits per heavy atom. The highest BCUT2D eigenvalue weighted by Gasteiger charge is 2.51. The third-order valence-corrected chi connectivity index (χ3v) is 8.14. The van der Waals surface area contributed by atoms with Crippen LogP contribution in [0.15, 0.2) is 22.6 Å². The summed E-state index contributed by atoms with van der Waals surface area (Å²) in [7, 11) is 0. The van der Waals surface area contributed by atoms with E-state index in [9.17, 15) is 40.2 Å². The Morgan fingerprint density at radius 1 is 0.727 bits per heavy atom. The minimum absolute atomic E-state index is 0.0367. The number of hydrogen-bond acceptors (Lipinski definition) is 14. The normalized spacial score (nSPS) is 31.7. The highest BCUT2D eigenvalue weighted by molar-refractivity contribution is 5.98. The number of aromatic nitrogens is 4. The zero-order chi connectivity index (χ0) is 31.4. The Balaban J connectivity index is 1.23. The highest BCUT2D eigenvalue weighted by Crippen LogP contribution is 2.31. The Kier molecular flexibility index (Phi) is 8.04. The number of quaternary nitrogens is 2. The van der Waals surface area contributed by atoms with E-state index in [1.807, 2.05) is 0 Å². The number of ether oxygens (including phenoxy) is 2. The number of carbonyl (C=O) groups is 2. The smallest absolute Gasteiger partial charge is 0.390 e. The van der Waals surface area contributed by atoms with Crippen LogP contribution in [0.4, 0.5) is 11.6 Å². The molecule has 4 aliphatic heterocycles. The van der Waals surface area contributed by atoms with Crippen molar-refractivity contribution < 1.29 is 69.5 Å². The Hall–Kier alpha value is -3.70. The molecule has 44 heavy (non-hydrogen) atoms. The van der Waals surface area contributed by atoms with Crippen LogP contribution in [-0.4, -0.2) is 113 Å². The summed E-state index contributed by atoms with van der Waals surface area (Å²) in [6.07, 6.45) is -5.78. The fourth-order valence-electron chi connectivity index (χ4n) is 5.96. The van der Waals surface area contributed by atoms with Gasteiger partial charge in [0.25, 0.3) is 11.4 Å². The van der Waals surface area contributed by atoms with Gasteiger partial charge in [0.05, 0.1) is 26.3 Å². The first-order chi connectivity index (χ1) is 21.0. The van der Waals surface area contributed by atoms with E-state index in [1.54, 1.807) is 9.13 Å². The molecule has 6 heterocycles. The van der Waals surface area contributed by atoms with E-state index < -0.39 is 74.1 Å². The molecule has 6 rings (SSSR count). The van der Waals surface area contributed by atoms with Crippen molar-refractivity contribution in [2.24, 2.45) is 21.5 Å². The lowest BCUT2D eigenvalue weighted by atomic mass is 10.1. The Bertz CT molecular complexity index is 1430. The summed E-state index contributed by atoms with van der Waals surface area (Å²) in [6.45, 7) is -0.427. The van der Waals surface area contributed by atoms with Crippen LogP contribution in [0, 0.1) is 0 Å². The molecular weight excluding hydrogens is 588 g/mol. The number of fused-ring (bicyclic) bond motifs is 2. The van der Waals surface area contributed by atoms with Crippen LogP contribution in [0.1, 0.15) is 46.3 Å². The van der Waals surface area contributed by atoms with Crippen LogP contribution in [-0.2, 0) is 22.6 Å². The fourth-order valence-corrected chi connectivity index (χ4v) is 5.96. The minimum atomic E-state index is -1.40. The van der Waals surface area contributed by atoms with Crippen LogP contribution in [0.25, 0.3) is 0 Å². The summed E-state index contributed by atoms with van der Waals surface area (Å²) in [6, 6.07) is 0. The first-order valence-corrected chi connectivity index (χ1v) is 14.0. The number of primary amides is 2. The molecule has 2 aromatic rings. The second-order valence-electron chi connectivity index (χ2n) is 11.0. The molecule has 0 aromatic carbocycles. The molecular formula is C24H36N10O10+4. The maximum absolute atomic E-state index is 12.9. The summed E-state index contributed by atoms with van der Waals surface area (Å²) in [4.78, 5) is 34.4. The molecule has 4 aliphatic rings. The van der Waals surface area contributed by atoms with Crippen molar-refractivity contribution in [1.82, 2.24) is 9.13 Å². The molecule has 2 amide bonds. The molecule has 0 radical (unpaired) electrons. The number of aliphatic hydroxyl groups excluding tert-OH is 6. The third kappa shape index (κ3) is 4.99. The van der Waals surface area contributed by atoms with Crippen LogP contribution in [0.2, 0.25) is 0 Å². The van der Waals surface area contributed by atoms with Gasteiger partial charge in [-0.15, -0.1) is 0 Å². The average Bonchev–Trinajstić information content (AvgIpc) is 3.69. The van der Waals surface area contributed by atoms with Crippen LogP contribution >= 0.6 is 0 Å². The predicted octanol–water partition coefficient (Wildman–Crippen LogP) is -8.11. The summed E-state index contributed by atoms with van der Waals surface area (Å²) in [5, 5.41) is 63.0. The number of aryl methyl sites for hydroxylation is 2. The highest BCUT2D eigenvalue weighted by atomic mass is 16.6. The number of aliphatic imine (C=N–C) groups is 2. The zero-order valence-corrected chi connectivity index (χ0v) is 23.3. The average molecular weight is 625 g/mol. The minimum Gasteiger partial charge on any atom is -0.394 e. The number of hydrogen-bond donors (Lipinski definition) is 10. The zero-order valence-electron chi connectivity index (χ0n) is 23.3. The van der Waals surface area contributed by atoms with Crippen molar-refractivity contribution in [3.8, 4) is 0 Å². The molecule has 20 nitrogen and oxygen atoms in total. The number of guanidine groups is 2. The topological polar surface area (TPSA) is 302 Å². The lowest BCUT2D eigenvalue weighted by molar-refractivity contribution is -0.755. The fraction of sp³-hybridized carbons (Fsp3) is 0.583. The first kappa shape index (κ1) is 30.3. The molecule has 8 atom stereocenters. The van der Waals surface area contributed by atoms with Gasteiger partial charge in [-0.3, -0.25) is 9.13 Å². The van der Waals surface area contributed by atoms with Crippen molar-refractivity contribution in [2.45, 2.75) is 75.0 Å². The van der Waals surface area contributed by atoms with Crippen molar-refractivity contribution in [3.63, 3.8) is 0 Å². The molecule has 20 heteroatoms. The van der Waals surface area contributed by atoms with E-state index in [-0.39, 0.29) is 34.9 Å². The number of aliphatic hydroxyl groups is 6. The second kappa shape index (κ2) is 11.7. The second-order valence-corrected chi connectivity index (χ2v) is 11.0. The standard InChI is InChI=1S/C24H32N10O10/c25-23-27-17-11(19(41)29-23)31(7-33(17)21-15(39)13(37)9(5-35)43-21)3-1-2-4-32-8-34(18-12(32)20(42)30-24(26)28-18)22-16(40)14(38)10(6-36)44-22/h7-10,13-16,21-22,35-40H,1-6H2,(H4-2,25,26,27,28,29,30,41,42)/p+4/t9-,10-,13-,14-,15-,16-,21-,22-/m1/s1. The van der Waals surface area contributed by atoms with Gasteiger partial charge in [0.2, 0.25) is 12.5 Å². The van der Waals surface area contributed by atoms with Gasteiger partial charge >= 0.3 is 35.4 Å². The first-order valence-electron chi connectivity index (χ1n) is 14.0. The van der Waals surface area contributed by atoms with E-state index in [1.165, 1.54) is 32.4 Å². The summed E-state index contributed by atoms with van der Waals surface area (Å²) in [5.41, 5.74) is 12.1. The Labute approximate surface area is 248 Å². The van der Waals surface area contributed by atoms with E-state index in [4.69, 9.17) is 20.9 Å². The van der Waals surface area contributed by atoms with E-state index in [0.717, 1.165) is 0 Å². The molecule has 0 unspecified atom stereocenters. The number of unbranched alkanes of at least 4 members (excludes halogenated alkanes) is 1. The molecule has 0 saturated carbocycles. The van der Waals surface area contributed by atoms with Gasteiger partial charge in [0.1, 0.15) is 36.6 Å². The largest absolute Gasteiger partial charge is 0.394 e.